The van der Waals surface area contributed by atoms with E-state index in [1.807, 2.05) is 70.2 Å². The number of hydrogen-bond donors (Lipinski definition) is 2. The highest BCUT2D eigenvalue weighted by molar-refractivity contribution is 6.30. The minimum Gasteiger partial charge on any atom is -0.445 e. The quantitative estimate of drug-likeness (QED) is 0.609. The second-order valence-electron chi connectivity index (χ2n) is 8.31. The number of allylic oxidation sites excluding steroid dienone is 4. The molecule has 0 bridgehead atoms. The number of carbonyl (C=O) groups excluding carboxylic acids is 2. The first-order valence-electron chi connectivity index (χ1n) is 10.6. The van der Waals surface area contributed by atoms with E-state index in [0.717, 1.165) is 27.8 Å². The van der Waals surface area contributed by atoms with Crippen molar-refractivity contribution in [3.8, 4) is 0 Å². The average Bonchev–Trinajstić information content (AvgIpc) is 2.87. The van der Waals surface area contributed by atoms with Crippen molar-refractivity contribution in [2.24, 2.45) is 4.99 Å². The summed E-state index contributed by atoms with van der Waals surface area (Å²) in [6.07, 6.45) is -0.740. The van der Waals surface area contributed by atoms with Gasteiger partial charge >= 0.3 is 6.09 Å². The number of nitrogens with one attached hydrogen (secondary N) is 2. The largest absolute Gasteiger partial charge is 0.445 e. The fraction of sp³-hybridized carbons (Fsp3) is 0.269. The van der Waals surface area contributed by atoms with Gasteiger partial charge in [-0.25, -0.2) is 9.79 Å². The van der Waals surface area contributed by atoms with Gasteiger partial charge in [0.1, 0.15) is 6.61 Å². The van der Waals surface area contributed by atoms with Crippen molar-refractivity contribution < 1.29 is 14.3 Å². The predicted molar refractivity (Wildman–Crippen MR) is 131 cm³/mol. The van der Waals surface area contributed by atoms with Gasteiger partial charge in [0.15, 0.2) is 0 Å². The molecule has 0 radical (unpaired) electrons. The zero-order valence-electron chi connectivity index (χ0n) is 19.5. The molecule has 3 rings (SSSR count). The van der Waals surface area contributed by atoms with Gasteiger partial charge in [-0.1, -0.05) is 59.6 Å². The van der Waals surface area contributed by atoms with Crippen LogP contribution in [0.2, 0.25) is 5.02 Å². The Bertz CT molecular complexity index is 1150. The van der Waals surface area contributed by atoms with Crippen LogP contribution in [0.15, 0.2) is 82.0 Å². The third-order valence-corrected chi connectivity index (χ3v) is 5.74. The maximum atomic E-state index is 13.2. The molecule has 0 saturated heterocycles. The number of aliphatic imine (C=N–C) groups is 1. The first-order chi connectivity index (χ1) is 15.6. The van der Waals surface area contributed by atoms with E-state index in [-0.39, 0.29) is 6.61 Å². The molecule has 7 heteroatoms. The lowest BCUT2D eigenvalue weighted by Gasteiger charge is -2.24. The number of ether oxygens (including phenoxy) is 1. The highest BCUT2D eigenvalue weighted by atomic mass is 35.5. The molecular weight excluding hydrogens is 438 g/mol. The number of rotatable bonds is 5. The van der Waals surface area contributed by atoms with Crippen molar-refractivity contribution in [1.29, 1.82) is 0 Å². The first kappa shape index (κ1) is 24.3. The minimum absolute atomic E-state index is 0.0809. The molecule has 2 aromatic rings. The molecule has 1 aliphatic heterocycles. The Balaban J connectivity index is 2.00. The summed E-state index contributed by atoms with van der Waals surface area (Å²) >= 11 is 6.09. The van der Waals surface area contributed by atoms with E-state index in [1.54, 1.807) is 19.1 Å². The van der Waals surface area contributed by atoms with Crippen LogP contribution < -0.4 is 10.6 Å². The number of carbonyl (C=O) groups is 2. The number of hydrogen-bond acceptors (Lipinski definition) is 4. The molecule has 172 valence electrons. The van der Waals surface area contributed by atoms with Gasteiger partial charge in [-0.2, -0.15) is 0 Å². The lowest BCUT2D eigenvalue weighted by Crippen LogP contribution is -2.55. The molecule has 0 fully saturated rings. The van der Waals surface area contributed by atoms with Crippen molar-refractivity contribution in [2.75, 3.05) is 0 Å². The summed E-state index contributed by atoms with van der Waals surface area (Å²) < 4.78 is 5.34. The molecule has 0 aromatic heterocycles. The van der Waals surface area contributed by atoms with Crippen LogP contribution in [0.1, 0.15) is 45.7 Å². The Hall–Kier alpha value is -3.38. The summed E-state index contributed by atoms with van der Waals surface area (Å²) in [7, 11) is 0. The Morgan fingerprint density at radius 2 is 1.73 bits per heavy atom. The summed E-state index contributed by atoms with van der Waals surface area (Å²) in [6, 6.07) is 16.5. The van der Waals surface area contributed by atoms with Crippen LogP contribution in [0.25, 0.3) is 0 Å². The molecule has 2 N–H and O–H groups in total. The van der Waals surface area contributed by atoms with Gasteiger partial charge in [-0.15, -0.1) is 0 Å². The van der Waals surface area contributed by atoms with E-state index in [9.17, 15) is 9.59 Å². The smallest absolute Gasteiger partial charge is 0.409 e. The minimum atomic E-state index is -1.59. The molecule has 2 amide bonds. The highest BCUT2D eigenvalue weighted by Crippen LogP contribution is 2.28. The molecular formula is C26H28ClN3O3. The summed E-state index contributed by atoms with van der Waals surface area (Å²) in [4.78, 5) is 30.6. The normalized spacial score (nSPS) is 18.1. The summed E-state index contributed by atoms with van der Waals surface area (Å²) in [5, 5.41) is 6.14. The molecule has 1 unspecified atom stereocenters. The van der Waals surface area contributed by atoms with Gasteiger partial charge < -0.3 is 10.1 Å². The van der Waals surface area contributed by atoms with Crippen LogP contribution in [0.3, 0.4) is 0 Å². The van der Waals surface area contributed by atoms with Gasteiger partial charge in [-0.05, 0) is 57.9 Å². The van der Waals surface area contributed by atoms with Gasteiger partial charge in [-0.3, -0.25) is 10.1 Å². The van der Waals surface area contributed by atoms with Crippen LogP contribution in [-0.2, 0) is 16.1 Å². The van der Waals surface area contributed by atoms with Gasteiger partial charge in [0.2, 0.25) is 5.66 Å². The molecule has 33 heavy (non-hydrogen) atoms. The second kappa shape index (κ2) is 10.0. The van der Waals surface area contributed by atoms with Gasteiger partial charge in [0.25, 0.3) is 5.91 Å². The lowest BCUT2D eigenvalue weighted by molar-refractivity contribution is -0.125. The number of nitrogens with zero attached hydrogens (tertiary/aromatic N) is 1. The Labute approximate surface area is 199 Å². The Morgan fingerprint density at radius 3 is 2.33 bits per heavy atom. The Morgan fingerprint density at radius 1 is 1.09 bits per heavy atom. The van der Waals surface area contributed by atoms with Crippen molar-refractivity contribution in [1.82, 2.24) is 10.6 Å². The third-order valence-electron chi connectivity index (χ3n) is 5.49. The second-order valence-corrected chi connectivity index (χ2v) is 8.74. The fourth-order valence-corrected chi connectivity index (χ4v) is 3.56. The third kappa shape index (κ3) is 5.71. The molecule has 1 aliphatic rings. The monoisotopic (exact) mass is 465 g/mol. The van der Waals surface area contributed by atoms with Crippen molar-refractivity contribution in [3.63, 3.8) is 0 Å². The van der Waals surface area contributed by atoms with Gasteiger partial charge in [0, 0.05) is 21.9 Å². The average molecular weight is 466 g/mol. The maximum absolute atomic E-state index is 13.2. The number of alkyl carbamates (subject to hydrolysis) is 1. The first-order valence-corrected chi connectivity index (χ1v) is 11.0. The number of halogens is 1. The van der Waals surface area contributed by atoms with Crippen LogP contribution in [0.4, 0.5) is 4.79 Å². The lowest BCUT2D eigenvalue weighted by atomic mass is 9.92. The van der Waals surface area contributed by atoms with E-state index < -0.39 is 17.7 Å². The molecule has 2 aromatic carbocycles. The molecule has 0 aliphatic carbocycles. The van der Waals surface area contributed by atoms with Crippen LogP contribution >= 0.6 is 11.6 Å². The zero-order chi connectivity index (χ0) is 24.2. The topological polar surface area (TPSA) is 79.8 Å². The van der Waals surface area contributed by atoms with Crippen molar-refractivity contribution in [3.05, 3.63) is 93.2 Å². The van der Waals surface area contributed by atoms with Gasteiger partial charge in [0.05, 0.1) is 5.71 Å². The maximum Gasteiger partial charge on any atom is 0.409 e. The van der Waals surface area contributed by atoms with E-state index in [2.05, 4.69) is 10.6 Å². The van der Waals surface area contributed by atoms with Crippen LogP contribution in [-0.4, -0.2) is 23.4 Å². The van der Waals surface area contributed by atoms with E-state index >= 15 is 0 Å². The molecule has 0 saturated carbocycles. The van der Waals surface area contributed by atoms with Crippen molar-refractivity contribution >= 4 is 29.3 Å². The van der Waals surface area contributed by atoms with Crippen molar-refractivity contribution in [2.45, 2.75) is 46.9 Å². The van der Waals surface area contributed by atoms with Crippen LogP contribution in [0.5, 0.6) is 0 Å². The highest BCUT2D eigenvalue weighted by Gasteiger charge is 2.39. The van der Waals surface area contributed by atoms with E-state index in [0.29, 0.717) is 16.4 Å². The molecule has 1 atom stereocenters. The fourth-order valence-electron chi connectivity index (χ4n) is 3.43. The summed E-state index contributed by atoms with van der Waals surface area (Å²) in [6.45, 7) is 9.44. The molecule has 1 heterocycles. The van der Waals surface area contributed by atoms with E-state index in [1.165, 1.54) is 0 Å². The predicted octanol–water partition coefficient (Wildman–Crippen LogP) is 5.53. The van der Waals surface area contributed by atoms with Crippen LogP contribution in [0, 0.1) is 0 Å². The molecule has 0 spiro atoms. The Kier molecular flexibility index (Phi) is 7.39. The number of amides is 2. The molecule has 6 nitrogen and oxygen atoms in total. The standard InChI is InChI=1S/C26H28ClN3O3/c1-16(2)17(3)22-18(4)28-24(31)26(5,29-23(22)20-11-13-21(27)14-12-20)30-25(32)33-15-19-9-7-6-8-10-19/h6-14H,15H2,1-5H3,(H,28,31)(H,30,32). The van der Waals surface area contributed by atoms with E-state index in [4.69, 9.17) is 21.3 Å². The summed E-state index contributed by atoms with van der Waals surface area (Å²) in [5.74, 6) is -0.459. The summed E-state index contributed by atoms with van der Waals surface area (Å²) in [5.41, 5.74) is 4.12. The SMILES string of the molecule is CC(C)=C(C)C1=C(C)NC(=O)C(C)(NC(=O)OCc2ccccc2)N=C1c1ccc(Cl)cc1. The zero-order valence-corrected chi connectivity index (χ0v) is 20.2. The number of benzene rings is 2.